The van der Waals surface area contributed by atoms with Crippen LogP contribution in [0.15, 0.2) is 24.5 Å². The van der Waals surface area contributed by atoms with E-state index in [1.807, 2.05) is 0 Å². The van der Waals surface area contributed by atoms with E-state index in [4.69, 9.17) is 11.6 Å². The smallest absolute Gasteiger partial charge is 0.326 e. The molecule has 0 spiro atoms. The van der Waals surface area contributed by atoms with Gasteiger partial charge in [-0.1, -0.05) is 11.6 Å². The number of anilines is 1. The second kappa shape index (κ2) is 6.98. The van der Waals surface area contributed by atoms with Crippen molar-refractivity contribution in [1.29, 1.82) is 0 Å². The molecule has 1 aliphatic heterocycles. The number of aromatic amines is 1. The van der Waals surface area contributed by atoms with E-state index in [-0.39, 0.29) is 47.7 Å². The van der Waals surface area contributed by atoms with Crippen molar-refractivity contribution in [2.45, 2.75) is 24.9 Å². The van der Waals surface area contributed by atoms with E-state index in [1.54, 1.807) is 12.3 Å². The van der Waals surface area contributed by atoms with Gasteiger partial charge in [0, 0.05) is 19.3 Å². The second-order valence-electron chi connectivity index (χ2n) is 7.63. The lowest BCUT2D eigenvalue weighted by molar-refractivity contribution is -0.142. The van der Waals surface area contributed by atoms with Crippen molar-refractivity contribution in [1.82, 2.24) is 24.7 Å². The fourth-order valence-electron chi connectivity index (χ4n) is 3.79. The fourth-order valence-corrected chi connectivity index (χ4v) is 4.04. The highest BCUT2D eigenvalue weighted by Crippen LogP contribution is 2.43. The molecule has 31 heavy (non-hydrogen) atoms. The van der Waals surface area contributed by atoms with Crippen LogP contribution in [-0.4, -0.2) is 56.2 Å². The summed E-state index contributed by atoms with van der Waals surface area (Å²) >= 11 is 6.33. The van der Waals surface area contributed by atoms with Gasteiger partial charge in [0.05, 0.1) is 22.4 Å². The van der Waals surface area contributed by atoms with Crippen LogP contribution in [0.3, 0.4) is 0 Å². The Morgan fingerprint density at radius 2 is 2.00 bits per heavy atom. The summed E-state index contributed by atoms with van der Waals surface area (Å²) < 4.78 is 41.6. The van der Waals surface area contributed by atoms with Gasteiger partial charge in [0.2, 0.25) is 5.91 Å². The standard InChI is InChI=1S/C19H16ClF3N6O2/c20-16-13-5-11(10-1-2-10)6-14(19(21,22)23)29(13)26-17(16)18(31)27-3-4-28(15(30)9-27)12-7-24-25-8-12/h5-8,10H,1-4,9H2,(H,24,25). The SMILES string of the molecule is O=C(c1nn2c(C(F)(F)F)cc(C3CC3)cc2c1Cl)N1CCN(c2cn[nH]c2)C(=O)C1. The van der Waals surface area contributed by atoms with Crippen molar-refractivity contribution >= 4 is 34.6 Å². The number of hydrogen-bond donors (Lipinski definition) is 1. The summed E-state index contributed by atoms with van der Waals surface area (Å²) in [5.41, 5.74) is -0.140. The number of nitrogens with zero attached hydrogens (tertiary/aromatic N) is 5. The first-order valence-electron chi connectivity index (χ1n) is 9.62. The number of carbonyl (C=O) groups is 2. The molecule has 1 saturated heterocycles. The number of nitrogens with one attached hydrogen (secondary N) is 1. The molecule has 5 rings (SSSR count). The van der Waals surface area contributed by atoms with E-state index in [2.05, 4.69) is 15.3 Å². The lowest BCUT2D eigenvalue weighted by Gasteiger charge is -2.33. The number of H-pyrrole nitrogens is 1. The maximum absolute atomic E-state index is 13.7. The van der Waals surface area contributed by atoms with Gasteiger partial charge < -0.3 is 9.80 Å². The Kier molecular flexibility index (Phi) is 4.47. The molecule has 12 heteroatoms. The average molecular weight is 453 g/mol. The first kappa shape index (κ1) is 19.9. The van der Waals surface area contributed by atoms with Gasteiger partial charge >= 0.3 is 6.18 Å². The summed E-state index contributed by atoms with van der Waals surface area (Å²) in [5.74, 6) is -0.965. The minimum Gasteiger partial charge on any atom is -0.326 e. The molecule has 4 heterocycles. The highest BCUT2D eigenvalue weighted by atomic mass is 35.5. The zero-order valence-electron chi connectivity index (χ0n) is 16.0. The number of carbonyl (C=O) groups excluding carboxylic acids is 2. The largest absolute Gasteiger partial charge is 0.433 e. The molecule has 0 radical (unpaired) electrons. The molecule has 0 bridgehead atoms. The number of fused-ring (bicyclic) bond motifs is 1. The highest BCUT2D eigenvalue weighted by Gasteiger charge is 2.38. The zero-order chi connectivity index (χ0) is 21.9. The summed E-state index contributed by atoms with van der Waals surface area (Å²) in [6.07, 6.45) is 0.0160. The van der Waals surface area contributed by atoms with Gasteiger partial charge in [-0.3, -0.25) is 14.7 Å². The van der Waals surface area contributed by atoms with Gasteiger partial charge in [-0.05, 0) is 36.5 Å². The molecule has 162 valence electrons. The lowest BCUT2D eigenvalue weighted by Crippen LogP contribution is -2.52. The topological polar surface area (TPSA) is 86.6 Å². The molecule has 2 aliphatic rings. The molecule has 0 unspecified atom stereocenters. The van der Waals surface area contributed by atoms with E-state index in [9.17, 15) is 22.8 Å². The summed E-state index contributed by atoms with van der Waals surface area (Å²) in [6, 6.07) is 2.62. The van der Waals surface area contributed by atoms with Crippen molar-refractivity contribution in [2.24, 2.45) is 0 Å². The van der Waals surface area contributed by atoms with E-state index in [1.165, 1.54) is 16.0 Å². The molecular weight excluding hydrogens is 437 g/mol. The number of amides is 2. The zero-order valence-corrected chi connectivity index (χ0v) is 16.7. The number of rotatable bonds is 3. The van der Waals surface area contributed by atoms with Crippen LogP contribution in [0.25, 0.3) is 5.52 Å². The minimum atomic E-state index is -4.66. The highest BCUT2D eigenvalue weighted by molar-refractivity contribution is 6.36. The Balaban J connectivity index is 1.48. The van der Waals surface area contributed by atoms with Crippen molar-refractivity contribution in [3.8, 4) is 0 Å². The van der Waals surface area contributed by atoms with Gasteiger partial charge in [-0.15, -0.1) is 0 Å². The molecule has 1 aliphatic carbocycles. The summed E-state index contributed by atoms with van der Waals surface area (Å²) in [5, 5.41) is 10.2. The third-order valence-corrected chi connectivity index (χ3v) is 5.91. The van der Waals surface area contributed by atoms with E-state index in [0.717, 1.165) is 18.9 Å². The monoisotopic (exact) mass is 452 g/mol. The van der Waals surface area contributed by atoms with Gasteiger partial charge in [0.15, 0.2) is 5.69 Å². The Labute approximate surface area is 178 Å². The maximum Gasteiger partial charge on any atom is 0.433 e. The number of pyridine rings is 1. The first-order valence-corrected chi connectivity index (χ1v) is 9.99. The predicted molar refractivity (Wildman–Crippen MR) is 104 cm³/mol. The minimum absolute atomic E-state index is 0.0325. The van der Waals surface area contributed by atoms with Gasteiger partial charge in [0.1, 0.15) is 12.2 Å². The van der Waals surface area contributed by atoms with Crippen LogP contribution in [0.2, 0.25) is 5.02 Å². The van der Waals surface area contributed by atoms with Crippen LogP contribution in [0.4, 0.5) is 18.9 Å². The summed E-state index contributed by atoms with van der Waals surface area (Å²) in [6.45, 7) is 0.155. The number of halogens is 4. The van der Waals surface area contributed by atoms with E-state index in [0.29, 0.717) is 15.8 Å². The molecular formula is C19H16ClF3N6O2. The first-order chi connectivity index (χ1) is 14.7. The average Bonchev–Trinajstić information content (AvgIpc) is 3.33. The number of hydrogen-bond acceptors (Lipinski definition) is 4. The third kappa shape index (κ3) is 3.42. The Bertz CT molecular complexity index is 1190. The summed E-state index contributed by atoms with van der Waals surface area (Å²) in [4.78, 5) is 28.2. The quantitative estimate of drug-likeness (QED) is 0.661. The number of aromatic nitrogens is 4. The second-order valence-corrected chi connectivity index (χ2v) is 8.01. The molecule has 8 nitrogen and oxygen atoms in total. The van der Waals surface area contributed by atoms with Crippen molar-refractivity contribution in [3.63, 3.8) is 0 Å². The van der Waals surface area contributed by atoms with Crippen LogP contribution >= 0.6 is 11.6 Å². The Hall–Kier alpha value is -3.08. The van der Waals surface area contributed by atoms with Crippen LogP contribution in [0.1, 0.15) is 40.5 Å². The normalized spacial score (nSPS) is 17.6. The summed E-state index contributed by atoms with van der Waals surface area (Å²) in [7, 11) is 0. The van der Waals surface area contributed by atoms with Gasteiger partial charge in [-0.25, -0.2) is 4.52 Å². The van der Waals surface area contributed by atoms with Crippen LogP contribution in [0, 0.1) is 0 Å². The molecule has 3 aromatic heterocycles. The molecule has 3 aromatic rings. The van der Waals surface area contributed by atoms with Crippen molar-refractivity contribution < 1.29 is 22.8 Å². The lowest BCUT2D eigenvalue weighted by atomic mass is 10.1. The molecule has 1 saturated carbocycles. The van der Waals surface area contributed by atoms with Gasteiger partial charge in [-0.2, -0.15) is 23.4 Å². The predicted octanol–water partition coefficient (Wildman–Crippen LogP) is 3.10. The molecule has 1 N–H and O–H groups in total. The van der Waals surface area contributed by atoms with Crippen molar-refractivity contribution in [2.75, 3.05) is 24.5 Å². The molecule has 0 aromatic carbocycles. The van der Waals surface area contributed by atoms with E-state index >= 15 is 0 Å². The van der Waals surface area contributed by atoms with Crippen LogP contribution in [0.5, 0.6) is 0 Å². The Morgan fingerprint density at radius 3 is 2.61 bits per heavy atom. The van der Waals surface area contributed by atoms with E-state index < -0.39 is 17.8 Å². The molecule has 2 fully saturated rings. The maximum atomic E-state index is 13.7. The van der Waals surface area contributed by atoms with Crippen LogP contribution < -0.4 is 4.90 Å². The molecule has 2 amide bonds. The van der Waals surface area contributed by atoms with Crippen molar-refractivity contribution in [3.05, 3.63) is 46.5 Å². The fraction of sp³-hybridized carbons (Fsp3) is 0.368. The number of piperazine rings is 1. The Morgan fingerprint density at radius 1 is 1.23 bits per heavy atom. The third-order valence-electron chi connectivity index (χ3n) is 5.54. The molecule has 0 atom stereocenters. The van der Waals surface area contributed by atoms with Crippen LogP contribution in [-0.2, 0) is 11.0 Å². The number of alkyl halides is 3. The van der Waals surface area contributed by atoms with Gasteiger partial charge in [0.25, 0.3) is 5.91 Å².